The van der Waals surface area contributed by atoms with E-state index < -0.39 is 0 Å². The van der Waals surface area contributed by atoms with Gasteiger partial charge in [-0.15, -0.1) is 0 Å². The Balaban J connectivity index is 1.92. The molecule has 1 aromatic carbocycles. The van der Waals surface area contributed by atoms with Crippen LogP contribution in [0.5, 0.6) is 0 Å². The number of nitrogens with zero attached hydrogens (tertiary/aromatic N) is 1. The maximum Gasteiger partial charge on any atom is 0.141 e. The molecule has 0 spiro atoms. The topological polar surface area (TPSA) is 78.5 Å². The van der Waals surface area contributed by atoms with Gasteiger partial charge in [-0.1, -0.05) is 30.0 Å². The highest BCUT2D eigenvalue weighted by Gasteiger charge is 2.04. The Morgan fingerprint density at radius 2 is 2.05 bits per heavy atom. The van der Waals surface area contributed by atoms with E-state index in [9.17, 15) is 0 Å². The number of rotatable bonds is 3. The monoisotopic (exact) mass is 268 g/mol. The Hall–Kier alpha value is -2.27. The fourth-order valence-electron chi connectivity index (χ4n) is 1.85. The normalized spacial score (nSPS) is 10.7. The van der Waals surface area contributed by atoms with Gasteiger partial charge in [0.05, 0.1) is 5.03 Å². The molecular formula is C14H12N4S. The second-order valence-electron chi connectivity index (χ2n) is 4.11. The highest BCUT2D eigenvalue weighted by molar-refractivity contribution is 7.99. The van der Waals surface area contributed by atoms with Gasteiger partial charge in [0.25, 0.3) is 0 Å². The van der Waals surface area contributed by atoms with Crippen molar-refractivity contribution in [3.8, 4) is 0 Å². The first kappa shape index (κ1) is 11.8. The molecule has 0 saturated heterocycles. The molecule has 0 fully saturated rings. The van der Waals surface area contributed by atoms with E-state index in [0.29, 0.717) is 5.69 Å². The van der Waals surface area contributed by atoms with Crippen molar-refractivity contribution in [3.63, 3.8) is 0 Å². The molecular weight excluding hydrogens is 256 g/mol. The van der Waals surface area contributed by atoms with Crippen LogP contribution in [0.25, 0.3) is 10.9 Å². The van der Waals surface area contributed by atoms with Crippen molar-refractivity contribution in [2.75, 3.05) is 0 Å². The van der Waals surface area contributed by atoms with Gasteiger partial charge in [0.15, 0.2) is 0 Å². The third kappa shape index (κ3) is 2.46. The number of nitrogens with one attached hydrogen (secondary N) is 2. The van der Waals surface area contributed by atoms with E-state index >= 15 is 0 Å². The highest BCUT2D eigenvalue weighted by Crippen LogP contribution is 2.29. The summed E-state index contributed by atoms with van der Waals surface area (Å²) in [5, 5.41) is 9.64. The summed E-state index contributed by atoms with van der Waals surface area (Å²) in [6, 6.07) is 14.0. The molecule has 3 aromatic rings. The number of para-hydroxylation sites is 1. The lowest BCUT2D eigenvalue weighted by molar-refractivity contribution is 1.19. The first-order valence-electron chi connectivity index (χ1n) is 5.78. The summed E-state index contributed by atoms with van der Waals surface area (Å²) in [6.07, 6.45) is 1.67. The van der Waals surface area contributed by atoms with Crippen LogP contribution in [0.15, 0.2) is 58.6 Å². The number of pyridine rings is 1. The molecule has 4 N–H and O–H groups in total. The van der Waals surface area contributed by atoms with Gasteiger partial charge >= 0.3 is 0 Å². The van der Waals surface area contributed by atoms with Gasteiger partial charge in [-0.25, -0.2) is 0 Å². The first-order valence-corrected chi connectivity index (χ1v) is 6.60. The zero-order valence-corrected chi connectivity index (χ0v) is 10.9. The van der Waals surface area contributed by atoms with Gasteiger partial charge in [0.1, 0.15) is 11.5 Å². The van der Waals surface area contributed by atoms with Crippen LogP contribution < -0.4 is 5.73 Å². The van der Waals surface area contributed by atoms with Crippen LogP contribution in [0, 0.1) is 5.41 Å². The Morgan fingerprint density at radius 1 is 1.21 bits per heavy atom. The largest absolute Gasteiger partial charge is 0.382 e. The maximum absolute atomic E-state index is 7.40. The summed E-state index contributed by atoms with van der Waals surface area (Å²) in [5.74, 6) is -0.0147. The number of nitrogen functional groups attached to an aromatic ring is 1. The molecule has 0 aliphatic carbocycles. The summed E-state index contributed by atoms with van der Waals surface area (Å²) in [6.45, 7) is 0. The molecule has 2 heterocycles. The minimum Gasteiger partial charge on any atom is -0.382 e. The summed E-state index contributed by atoms with van der Waals surface area (Å²) in [5.41, 5.74) is 7.06. The second-order valence-corrected chi connectivity index (χ2v) is 5.23. The Labute approximate surface area is 114 Å². The molecule has 0 atom stereocenters. The van der Waals surface area contributed by atoms with E-state index in [-0.39, 0.29) is 5.84 Å². The van der Waals surface area contributed by atoms with E-state index in [1.54, 1.807) is 18.0 Å². The fourth-order valence-corrected chi connectivity index (χ4v) is 2.75. The minimum absolute atomic E-state index is 0.0147. The van der Waals surface area contributed by atoms with E-state index in [4.69, 9.17) is 11.1 Å². The lowest BCUT2D eigenvalue weighted by Crippen LogP contribution is -2.12. The van der Waals surface area contributed by atoms with Crippen LogP contribution in [0.2, 0.25) is 0 Å². The number of hydrogen-bond donors (Lipinski definition) is 3. The zero-order valence-electron chi connectivity index (χ0n) is 10.1. The number of fused-ring (bicyclic) bond motifs is 1. The lowest BCUT2D eigenvalue weighted by Gasteiger charge is -2.01. The minimum atomic E-state index is -0.0147. The molecule has 0 bridgehead atoms. The number of aromatic amines is 1. The fraction of sp³-hybridized carbons (Fsp3) is 0. The van der Waals surface area contributed by atoms with Crippen molar-refractivity contribution in [3.05, 3.63) is 54.4 Å². The van der Waals surface area contributed by atoms with Crippen LogP contribution >= 0.6 is 11.8 Å². The molecule has 5 heteroatoms. The van der Waals surface area contributed by atoms with Gasteiger partial charge in [-0.3, -0.25) is 10.4 Å². The average Bonchev–Trinajstić information content (AvgIpc) is 2.81. The quantitative estimate of drug-likeness (QED) is 0.504. The standard InChI is InChI=1S/C14H12N4S/c15-14(16)12-8-10(5-6-17-12)19-13-7-9-3-1-2-4-11(9)18-13/h1-8,18H,(H3,15,16). The van der Waals surface area contributed by atoms with Crippen molar-refractivity contribution in [2.45, 2.75) is 9.92 Å². The van der Waals surface area contributed by atoms with Crippen LogP contribution in [0.1, 0.15) is 5.69 Å². The average molecular weight is 268 g/mol. The number of H-pyrrole nitrogens is 1. The molecule has 94 valence electrons. The second kappa shape index (κ2) is 4.78. The summed E-state index contributed by atoms with van der Waals surface area (Å²) in [4.78, 5) is 8.41. The van der Waals surface area contributed by atoms with Gasteiger partial charge in [0.2, 0.25) is 0 Å². The summed E-state index contributed by atoms with van der Waals surface area (Å²) in [7, 11) is 0. The van der Waals surface area contributed by atoms with Crippen molar-refractivity contribution in [1.29, 1.82) is 5.41 Å². The van der Waals surface area contributed by atoms with Gasteiger partial charge in [-0.05, 0) is 24.3 Å². The predicted octanol–water partition coefficient (Wildman–Crippen LogP) is 3.00. The summed E-state index contributed by atoms with van der Waals surface area (Å²) >= 11 is 1.60. The Bertz CT molecular complexity index is 715. The molecule has 0 radical (unpaired) electrons. The van der Waals surface area contributed by atoms with E-state index in [1.807, 2.05) is 30.3 Å². The molecule has 0 aliphatic rings. The van der Waals surface area contributed by atoms with Crippen LogP contribution in [-0.4, -0.2) is 15.8 Å². The Kier molecular flexibility index (Phi) is 2.97. The number of aromatic nitrogens is 2. The first-order chi connectivity index (χ1) is 9.22. The number of benzene rings is 1. The molecule has 0 unspecified atom stereocenters. The number of amidine groups is 1. The van der Waals surface area contributed by atoms with Gasteiger partial charge in [0, 0.05) is 22.0 Å². The smallest absolute Gasteiger partial charge is 0.141 e. The van der Waals surface area contributed by atoms with E-state index in [0.717, 1.165) is 15.4 Å². The molecule has 0 aliphatic heterocycles. The predicted molar refractivity (Wildman–Crippen MR) is 77.7 cm³/mol. The molecule has 19 heavy (non-hydrogen) atoms. The SMILES string of the molecule is N=C(N)c1cc(Sc2cc3ccccc3[nH]2)ccn1. The molecule has 2 aromatic heterocycles. The van der Waals surface area contributed by atoms with E-state index in [1.165, 1.54) is 5.39 Å². The van der Waals surface area contributed by atoms with Crippen LogP contribution in [-0.2, 0) is 0 Å². The third-order valence-corrected chi connectivity index (χ3v) is 3.67. The van der Waals surface area contributed by atoms with Crippen molar-refractivity contribution in [2.24, 2.45) is 5.73 Å². The van der Waals surface area contributed by atoms with Crippen LogP contribution in [0.3, 0.4) is 0 Å². The van der Waals surface area contributed by atoms with Gasteiger partial charge in [-0.2, -0.15) is 0 Å². The van der Waals surface area contributed by atoms with Gasteiger partial charge < -0.3 is 10.7 Å². The van der Waals surface area contributed by atoms with E-state index in [2.05, 4.69) is 22.1 Å². The van der Waals surface area contributed by atoms with Crippen molar-refractivity contribution < 1.29 is 0 Å². The Morgan fingerprint density at radius 3 is 2.84 bits per heavy atom. The highest BCUT2D eigenvalue weighted by atomic mass is 32.2. The lowest BCUT2D eigenvalue weighted by atomic mass is 10.3. The molecule has 0 amide bonds. The number of hydrogen-bond acceptors (Lipinski definition) is 3. The molecule has 4 nitrogen and oxygen atoms in total. The molecule has 3 rings (SSSR count). The summed E-state index contributed by atoms with van der Waals surface area (Å²) < 4.78 is 0. The van der Waals surface area contributed by atoms with Crippen molar-refractivity contribution >= 4 is 28.5 Å². The van der Waals surface area contributed by atoms with Crippen molar-refractivity contribution in [1.82, 2.24) is 9.97 Å². The number of nitrogens with two attached hydrogens (primary N) is 1. The third-order valence-electron chi connectivity index (χ3n) is 2.74. The zero-order chi connectivity index (χ0) is 13.2. The molecule has 0 saturated carbocycles. The van der Waals surface area contributed by atoms with Crippen LogP contribution in [0.4, 0.5) is 0 Å². The maximum atomic E-state index is 7.40.